The molecule has 22 heavy (non-hydrogen) atoms. The van der Waals surface area contributed by atoms with Gasteiger partial charge in [0, 0.05) is 17.1 Å². The van der Waals surface area contributed by atoms with Crippen molar-refractivity contribution in [2.75, 3.05) is 6.61 Å². The Kier molecular flexibility index (Phi) is 6.16. The number of nitrogens with one attached hydrogen (secondary N) is 1. The number of carbonyl (C=O) groups excluding carboxylic acids is 1. The fourth-order valence-corrected chi connectivity index (χ4v) is 2.91. The predicted octanol–water partition coefficient (Wildman–Crippen LogP) is 4.48. The van der Waals surface area contributed by atoms with Crippen LogP contribution in [0.15, 0.2) is 53.0 Å². The van der Waals surface area contributed by atoms with Crippen molar-refractivity contribution in [3.8, 4) is 0 Å². The molecule has 0 radical (unpaired) electrons. The number of benzene rings is 2. The van der Waals surface area contributed by atoms with Crippen molar-refractivity contribution in [2.45, 2.75) is 26.4 Å². The molecule has 0 bridgehead atoms. The van der Waals surface area contributed by atoms with Crippen molar-refractivity contribution in [3.05, 3.63) is 69.7 Å². The van der Waals surface area contributed by atoms with E-state index in [4.69, 9.17) is 4.74 Å². The fraction of sp³-hybridized carbons (Fsp3) is 0.278. The fourth-order valence-electron chi connectivity index (χ4n) is 2.28. The van der Waals surface area contributed by atoms with Gasteiger partial charge in [0.05, 0.1) is 12.2 Å². The van der Waals surface area contributed by atoms with E-state index >= 15 is 0 Å². The van der Waals surface area contributed by atoms with Crippen LogP contribution in [0, 0.1) is 0 Å². The summed E-state index contributed by atoms with van der Waals surface area (Å²) in [6.45, 7) is 4.91. The van der Waals surface area contributed by atoms with Gasteiger partial charge in [-0.15, -0.1) is 0 Å². The average Bonchev–Trinajstić information content (AvgIpc) is 2.53. The highest BCUT2D eigenvalue weighted by Crippen LogP contribution is 2.23. The van der Waals surface area contributed by atoms with Crippen molar-refractivity contribution in [1.29, 1.82) is 0 Å². The van der Waals surface area contributed by atoms with Gasteiger partial charge in [-0.25, -0.2) is 4.79 Å². The third kappa shape index (κ3) is 4.18. The van der Waals surface area contributed by atoms with Gasteiger partial charge in [0.1, 0.15) is 0 Å². The number of hydrogen-bond donors (Lipinski definition) is 1. The number of hydrogen-bond acceptors (Lipinski definition) is 3. The molecule has 4 heteroatoms. The van der Waals surface area contributed by atoms with E-state index in [0.717, 1.165) is 10.0 Å². The molecule has 0 aliphatic carbocycles. The number of ether oxygens (including phenoxy) is 1. The van der Waals surface area contributed by atoms with Crippen molar-refractivity contribution in [2.24, 2.45) is 0 Å². The molecule has 0 aromatic heterocycles. The van der Waals surface area contributed by atoms with Gasteiger partial charge in [0.15, 0.2) is 0 Å². The largest absolute Gasteiger partial charge is 0.462 e. The minimum Gasteiger partial charge on any atom is -0.462 e. The van der Waals surface area contributed by atoms with E-state index in [9.17, 15) is 4.79 Å². The third-order valence-corrected chi connectivity index (χ3v) is 4.21. The van der Waals surface area contributed by atoms with E-state index in [1.54, 1.807) is 6.07 Å². The third-order valence-electron chi connectivity index (χ3n) is 3.48. The highest BCUT2D eigenvalue weighted by atomic mass is 79.9. The normalized spacial score (nSPS) is 12.0. The molecule has 0 aliphatic heterocycles. The summed E-state index contributed by atoms with van der Waals surface area (Å²) in [5.74, 6) is -0.270. The molecule has 3 nitrogen and oxygen atoms in total. The quantitative estimate of drug-likeness (QED) is 0.771. The van der Waals surface area contributed by atoms with Crippen molar-refractivity contribution in [3.63, 3.8) is 0 Å². The van der Waals surface area contributed by atoms with Crippen LogP contribution in [0.25, 0.3) is 0 Å². The number of rotatable bonds is 6. The molecule has 1 atom stereocenters. The highest BCUT2D eigenvalue weighted by molar-refractivity contribution is 9.10. The van der Waals surface area contributed by atoms with Gasteiger partial charge in [-0.1, -0.05) is 52.3 Å². The summed E-state index contributed by atoms with van der Waals surface area (Å²) in [6.07, 6.45) is 0. The zero-order valence-electron chi connectivity index (χ0n) is 12.8. The first-order chi connectivity index (χ1) is 10.6. The average molecular weight is 362 g/mol. The maximum absolute atomic E-state index is 12.0. The molecular weight excluding hydrogens is 342 g/mol. The molecule has 2 aromatic carbocycles. The van der Waals surface area contributed by atoms with Gasteiger partial charge in [-0.3, -0.25) is 0 Å². The lowest BCUT2D eigenvalue weighted by Crippen LogP contribution is -2.20. The minimum atomic E-state index is -0.270. The van der Waals surface area contributed by atoms with Crippen LogP contribution in [0.3, 0.4) is 0 Å². The highest BCUT2D eigenvalue weighted by Gasteiger charge is 2.13. The Morgan fingerprint density at radius 1 is 1.18 bits per heavy atom. The van der Waals surface area contributed by atoms with E-state index in [0.29, 0.717) is 18.7 Å². The summed E-state index contributed by atoms with van der Waals surface area (Å²) >= 11 is 3.57. The van der Waals surface area contributed by atoms with Crippen LogP contribution in [-0.2, 0) is 11.3 Å². The van der Waals surface area contributed by atoms with Crippen molar-refractivity contribution in [1.82, 2.24) is 5.32 Å². The first-order valence-corrected chi connectivity index (χ1v) is 8.15. The summed E-state index contributed by atoms with van der Waals surface area (Å²) < 4.78 is 6.18. The van der Waals surface area contributed by atoms with Crippen molar-refractivity contribution < 1.29 is 9.53 Å². The van der Waals surface area contributed by atoms with Gasteiger partial charge in [-0.05, 0) is 37.1 Å². The first-order valence-electron chi connectivity index (χ1n) is 7.36. The van der Waals surface area contributed by atoms with E-state index in [2.05, 4.69) is 34.2 Å². The van der Waals surface area contributed by atoms with Gasteiger partial charge in [0.25, 0.3) is 0 Å². The van der Waals surface area contributed by atoms with Crippen LogP contribution in [0.1, 0.15) is 41.4 Å². The van der Waals surface area contributed by atoms with Crippen LogP contribution in [0.2, 0.25) is 0 Å². The van der Waals surface area contributed by atoms with Gasteiger partial charge in [-0.2, -0.15) is 0 Å². The summed E-state index contributed by atoms with van der Waals surface area (Å²) in [5.41, 5.74) is 2.76. The van der Waals surface area contributed by atoms with Gasteiger partial charge in [0.2, 0.25) is 0 Å². The Balaban J connectivity index is 2.09. The maximum atomic E-state index is 12.0. The van der Waals surface area contributed by atoms with E-state index in [1.807, 2.05) is 43.3 Å². The SMILES string of the molecule is CCOC(=O)c1ccccc1CN[C@@H](C)c1ccccc1Br. The molecule has 0 fully saturated rings. The molecule has 116 valence electrons. The topological polar surface area (TPSA) is 38.3 Å². The summed E-state index contributed by atoms with van der Waals surface area (Å²) in [5, 5.41) is 3.46. The van der Waals surface area contributed by atoms with E-state index in [-0.39, 0.29) is 12.0 Å². The van der Waals surface area contributed by atoms with Gasteiger partial charge < -0.3 is 10.1 Å². The predicted molar refractivity (Wildman–Crippen MR) is 91.8 cm³/mol. The second-order valence-corrected chi connectivity index (χ2v) is 5.86. The molecule has 0 unspecified atom stereocenters. The number of halogens is 1. The lowest BCUT2D eigenvalue weighted by molar-refractivity contribution is 0.0525. The molecule has 2 rings (SSSR count). The number of carbonyl (C=O) groups is 1. The lowest BCUT2D eigenvalue weighted by atomic mass is 10.1. The second-order valence-electron chi connectivity index (χ2n) is 5.00. The summed E-state index contributed by atoms with van der Waals surface area (Å²) in [4.78, 5) is 12.0. The second kappa shape index (κ2) is 8.11. The van der Waals surface area contributed by atoms with Crippen LogP contribution in [-0.4, -0.2) is 12.6 Å². The summed E-state index contributed by atoms with van der Waals surface area (Å²) in [6, 6.07) is 15.8. The molecule has 0 saturated heterocycles. The Morgan fingerprint density at radius 3 is 2.59 bits per heavy atom. The zero-order valence-corrected chi connectivity index (χ0v) is 14.4. The Morgan fingerprint density at radius 2 is 1.86 bits per heavy atom. The van der Waals surface area contributed by atoms with E-state index in [1.165, 1.54) is 5.56 Å². The zero-order chi connectivity index (χ0) is 15.9. The van der Waals surface area contributed by atoms with Crippen LogP contribution >= 0.6 is 15.9 Å². The maximum Gasteiger partial charge on any atom is 0.338 e. The molecule has 0 spiro atoms. The molecular formula is C18H20BrNO2. The van der Waals surface area contributed by atoms with Gasteiger partial charge >= 0.3 is 5.97 Å². The Bertz CT molecular complexity index is 642. The standard InChI is InChI=1S/C18H20BrNO2/c1-3-22-18(21)16-10-5-4-8-14(16)12-20-13(2)15-9-6-7-11-17(15)19/h4-11,13,20H,3,12H2,1-2H3/t13-/m0/s1. The molecule has 1 N–H and O–H groups in total. The van der Waals surface area contributed by atoms with E-state index < -0.39 is 0 Å². The number of esters is 1. The molecule has 0 heterocycles. The van der Waals surface area contributed by atoms with Crippen molar-refractivity contribution >= 4 is 21.9 Å². The minimum absolute atomic E-state index is 0.172. The Labute approximate surface area is 139 Å². The lowest BCUT2D eigenvalue weighted by Gasteiger charge is -2.17. The molecule has 0 saturated carbocycles. The first kappa shape index (κ1) is 16.7. The van der Waals surface area contributed by atoms with Crippen LogP contribution < -0.4 is 5.32 Å². The Hall–Kier alpha value is -1.65. The summed E-state index contributed by atoms with van der Waals surface area (Å²) in [7, 11) is 0. The van der Waals surface area contributed by atoms with Crippen LogP contribution in [0.5, 0.6) is 0 Å². The molecule has 0 amide bonds. The monoisotopic (exact) mass is 361 g/mol. The molecule has 0 aliphatic rings. The smallest absolute Gasteiger partial charge is 0.338 e. The van der Waals surface area contributed by atoms with Crippen LogP contribution in [0.4, 0.5) is 0 Å². The molecule has 2 aromatic rings.